The van der Waals surface area contributed by atoms with Gasteiger partial charge in [0.15, 0.2) is 0 Å². The summed E-state index contributed by atoms with van der Waals surface area (Å²) in [7, 11) is 0. The number of amides is 1. The number of thioether (sulfide) groups is 1. The molecule has 0 aromatic carbocycles. The molecule has 1 aliphatic heterocycles. The summed E-state index contributed by atoms with van der Waals surface area (Å²) in [6.45, 7) is 2.06. The molecule has 66 valence electrons. The fraction of sp³-hybridized carbons (Fsp3) is 0.571. The number of carbonyl (C=O) groups excluding carboxylic acids is 2. The highest BCUT2D eigenvalue weighted by atomic mass is 32.2. The minimum absolute atomic E-state index is 0.0271. The predicted octanol–water partition coefficient (Wildman–Crippen LogP) is 0.826. The van der Waals surface area contributed by atoms with E-state index in [9.17, 15) is 9.59 Å². The lowest BCUT2D eigenvalue weighted by atomic mass is 10.3. The van der Waals surface area contributed by atoms with E-state index in [0.29, 0.717) is 10.9 Å². The molecule has 1 rings (SSSR count). The van der Waals surface area contributed by atoms with Gasteiger partial charge >= 0.3 is 0 Å². The number of ketones is 1. The molecule has 5 heteroatoms. The fourth-order valence-corrected chi connectivity index (χ4v) is 2.17. The second kappa shape index (κ2) is 4.00. The van der Waals surface area contributed by atoms with Crippen LogP contribution in [-0.4, -0.2) is 33.2 Å². The summed E-state index contributed by atoms with van der Waals surface area (Å²) in [4.78, 5) is 23.4. The molecule has 0 atom stereocenters. The standard InChI is InChI=1S/C7H9NO2S2/c1-5(9)4-6(10)8-2-3-12-7(8)11/h2-4H2,1H3. The van der Waals surface area contributed by atoms with Gasteiger partial charge in [0.1, 0.15) is 10.1 Å². The van der Waals surface area contributed by atoms with E-state index in [1.165, 1.54) is 23.6 Å². The third-order valence-electron chi connectivity index (χ3n) is 1.46. The topological polar surface area (TPSA) is 37.4 Å². The molecule has 0 spiro atoms. The van der Waals surface area contributed by atoms with Crippen LogP contribution in [0.5, 0.6) is 0 Å². The number of nitrogens with zero attached hydrogens (tertiary/aromatic N) is 1. The van der Waals surface area contributed by atoms with Gasteiger partial charge in [0.25, 0.3) is 0 Å². The maximum absolute atomic E-state index is 11.3. The van der Waals surface area contributed by atoms with Crippen LogP contribution in [0.15, 0.2) is 0 Å². The van der Waals surface area contributed by atoms with E-state index in [-0.39, 0.29) is 18.1 Å². The second-order valence-corrected chi connectivity index (χ2v) is 4.27. The molecular formula is C7H9NO2S2. The normalized spacial score (nSPS) is 16.8. The Morgan fingerprint density at radius 2 is 2.33 bits per heavy atom. The fourth-order valence-electron chi connectivity index (χ4n) is 0.928. The van der Waals surface area contributed by atoms with Crippen molar-refractivity contribution in [2.45, 2.75) is 13.3 Å². The van der Waals surface area contributed by atoms with Crippen LogP contribution in [0.25, 0.3) is 0 Å². The lowest BCUT2D eigenvalue weighted by molar-refractivity contribution is -0.131. The van der Waals surface area contributed by atoms with Gasteiger partial charge in [-0.15, -0.1) is 0 Å². The smallest absolute Gasteiger partial charge is 0.235 e. The van der Waals surface area contributed by atoms with Crippen molar-refractivity contribution < 1.29 is 9.59 Å². The minimum Gasteiger partial charge on any atom is -0.299 e. The van der Waals surface area contributed by atoms with E-state index in [2.05, 4.69) is 0 Å². The van der Waals surface area contributed by atoms with E-state index < -0.39 is 0 Å². The van der Waals surface area contributed by atoms with Crippen LogP contribution < -0.4 is 0 Å². The van der Waals surface area contributed by atoms with Gasteiger partial charge in [0, 0.05) is 12.3 Å². The molecule has 0 aliphatic carbocycles. The van der Waals surface area contributed by atoms with Crippen LogP contribution in [0.4, 0.5) is 0 Å². The molecule has 0 aromatic heterocycles. The molecule has 0 radical (unpaired) electrons. The zero-order valence-electron chi connectivity index (χ0n) is 6.70. The predicted molar refractivity (Wildman–Crippen MR) is 52.1 cm³/mol. The highest BCUT2D eigenvalue weighted by Gasteiger charge is 2.24. The Morgan fingerprint density at radius 1 is 1.67 bits per heavy atom. The van der Waals surface area contributed by atoms with Crippen molar-refractivity contribution in [3.8, 4) is 0 Å². The third-order valence-corrected chi connectivity index (χ3v) is 2.89. The van der Waals surface area contributed by atoms with Gasteiger partial charge in [0.05, 0.1) is 6.42 Å². The minimum atomic E-state index is -0.169. The molecule has 1 fully saturated rings. The van der Waals surface area contributed by atoms with Gasteiger partial charge in [-0.3, -0.25) is 14.5 Å². The van der Waals surface area contributed by atoms with Crippen LogP contribution in [-0.2, 0) is 9.59 Å². The average Bonchev–Trinajstić information content (AvgIpc) is 2.33. The van der Waals surface area contributed by atoms with Crippen molar-refractivity contribution in [3.05, 3.63) is 0 Å². The SMILES string of the molecule is CC(=O)CC(=O)N1CCSC1=S. The van der Waals surface area contributed by atoms with Gasteiger partial charge in [-0.1, -0.05) is 24.0 Å². The Labute approximate surface area is 80.5 Å². The lowest BCUT2D eigenvalue weighted by Crippen LogP contribution is -2.31. The number of thiocarbonyl (C=S) groups is 1. The molecule has 12 heavy (non-hydrogen) atoms. The quantitative estimate of drug-likeness (QED) is 0.492. The summed E-state index contributed by atoms with van der Waals surface area (Å²) in [5.74, 6) is 0.569. The summed E-state index contributed by atoms with van der Waals surface area (Å²) in [6, 6.07) is 0. The van der Waals surface area contributed by atoms with Crippen LogP contribution >= 0.6 is 24.0 Å². The van der Waals surface area contributed by atoms with Gasteiger partial charge in [-0.2, -0.15) is 0 Å². The summed E-state index contributed by atoms with van der Waals surface area (Å²) >= 11 is 6.41. The Balaban J connectivity index is 2.52. The summed E-state index contributed by atoms with van der Waals surface area (Å²) < 4.78 is 0.598. The van der Waals surface area contributed by atoms with Gasteiger partial charge in [-0.05, 0) is 6.92 Å². The van der Waals surface area contributed by atoms with Crippen molar-refractivity contribution in [2.24, 2.45) is 0 Å². The highest BCUT2D eigenvalue weighted by Crippen LogP contribution is 2.18. The summed E-state index contributed by atoms with van der Waals surface area (Å²) in [5.41, 5.74) is 0. The molecule has 0 unspecified atom stereocenters. The van der Waals surface area contributed by atoms with E-state index in [1.54, 1.807) is 0 Å². The second-order valence-electron chi connectivity index (χ2n) is 2.54. The Hall–Kier alpha value is -0.420. The monoisotopic (exact) mass is 203 g/mol. The Morgan fingerprint density at radius 3 is 2.75 bits per heavy atom. The van der Waals surface area contributed by atoms with Crippen molar-refractivity contribution in [2.75, 3.05) is 12.3 Å². The number of hydrogen-bond acceptors (Lipinski definition) is 4. The van der Waals surface area contributed by atoms with E-state index in [1.807, 2.05) is 0 Å². The van der Waals surface area contributed by atoms with Gasteiger partial charge in [0.2, 0.25) is 5.91 Å². The molecule has 1 saturated heterocycles. The van der Waals surface area contributed by atoms with Crippen LogP contribution in [0, 0.1) is 0 Å². The molecule has 0 bridgehead atoms. The Bertz CT molecular complexity index is 240. The van der Waals surface area contributed by atoms with Gasteiger partial charge in [-0.25, -0.2) is 0 Å². The molecule has 3 nitrogen and oxygen atoms in total. The first-order valence-corrected chi connectivity index (χ1v) is 4.97. The molecule has 0 saturated carbocycles. The zero-order valence-corrected chi connectivity index (χ0v) is 8.33. The number of Topliss-reactive ketones (excluding diaryl/α,β-unsaturated/α-hetero) is 1. The van der Waals surface area contributed by atoms with E-state index in [0.717, 1.165) is 5.75 Å². The first kappa shape index (κ1) is 9.67. The number of rotatable bonds is 2. The van der Waals surface area contributed by atoms with Crippen molar-refractivity contribution in [3.63, 3.8) is 0 Å². The molecule has 1 amide bonds. The summed E-state index contributed by atoms with van der Waals surface area (Å²) in [6.07, 6.45) is -0.0271. The van der Waals surface area contributed by atoms with Crippen LogP contribution in [0.2, 0.25) is 0 Å². The maximum Gasteiger partial charge on any atom is 0.235 e. The first-order valence-electron chi connectivity index (χ1n) is 3.58. The molecular weight excluding hydrogens is 194 g/mol. The van der Waals surface area contributed by atoms with E-state index in [4.69, 9.17) is 12.2 Å². The van der Waals surface area contributed by atoms with Crippen LogP contribution in [0.1, 0.15) is 13.3 Å². The molecule has 1 aliphatic rings. The Kier molecular flexibility index (Phi) is 3.22. The number of hydrogen-bond donors (Lipinski definition) is 0. The first-order chi connectivity index (χ1) is 5.61. The average molecular weight is 203 g/mol. The van der Waals surface area contributed by atoms with Crippen LogP contribution in [0.3, 0.4) is 0 Å². The maximum atomic E-state index is 11.3. The molecule has 0 N–H and O–H groups in total. The van der Waals surface area contributed by atoms with Crippen molar-refractivity contribution in [1.29, 1.82) is 0 Å². The molecule has 1 heterocycles. The largest absolute Gasteiger partial charge is 0.299 e. The third kappa shape index (κ3) is 2.28. The molecule has 0 aromatic rings. The number of carbonyl (C=O) groups is 2. The lowest BCUT2D eigenvalue weighted by Gasteiger charge is -2.12. The van der Waals surface area contributed by atoms with E-state index >= 15 is 0 Å². The van der Waals surface area contributed by atoms with Gasteiger partial charge < -0.3 is 0 Å². The van der Waals surface area contributed by atoms with Crippen molar-refractivity contribution >= 4 is 40.0 Å². The zero-order chi connectivity index (χ0) is 9.14. The highest BCUT2D eigenvalue weighted by molar-refractivity contribution is 8.23. The van der Waals surface area contributed by atoms with Crippen molar-refractivity contribution in [1.82, 2.24) is 4.90 Å². The summed E-state index contributed by atoms with van der Waals surface area (Å²) in [5, 5.41) is 0.